The molecule has 0 aliphatic rings. The van der Waals surface area contributed by atoms with Crippen LogP contribution in [0.2, 0.25) is 13.3 Å². The van der Waals surface area contributed by atoms with E-state index in [1.807, 2.05) is 78.1 Å². The van der Waals surface area contributed by atoms with Crippen LogP contribution in [0.5, 0.6) is 23.0 Å². The molecule has 4 aromatic rings. The van der Waals surface area contributed by atoms with E-state index < -0.39 is 18.4 Å². The summed E-state index contributed by atoms with van der Waals surface area (Å²) in [7, 11) is 0. The number of thiophene rings is 1. The van der Waals surface area contributed by atoms with Crippen molar-refractivity contribution in [2.45, 2.75) is 72.6 Å². The number of hydrogen-bond donors (Lipinski definition) is 0. The van der Waals surface area contributed by atoms with Gasteiger partial charge in [0, 0.05) is 0 Å². The quantitative estimate of drug-likeness (QED) is 0.121. The first-order chi connectivity index (χ1) is 18.7. The van der Waals surface area contributed by atoms with Gasteiger partial charge in [-0.3, -0.25) is 0 Å². The van der Waals surface area contributed by atoms with E-state index in [2.05, 4.69) is 45.0 Å². The summed E-state index contributed by atoms with van der Waals surface area (Å²) < 4.78 is 19.1. The van der Waals surface area contributed by atoms with Crippen LogP contribution in [0.4, 0.5) is 0 Å². The standard InChI is InChI=1S/C22H15O2S.3C4H9.Sn/c1-3-9-17(10-4-1)23-19-13-7-14-20(22(19)21-15-8-16-25-21)24-18-11-5-2-6-12-18;3*1-3-4-2;/h1-15H;3*1,3-4H2,2H3;. The molecule has 0 radical (unpaired) electrons. The van der Waals surface area contributed by atoms with Crippen LogP contribution in [0.3, 0.4) is 0 Å². The number of rotatable bonds is 15. The Hall–Kier alpha value is -2.24. The van der Waals surface area contributed by atoms with Gasteiger partial charge in [-0.05, 0) is 0 Å². The molecule has 4 heteroatoms. The zero-order valence-electron chi connectivity index (χ0n) is 23.2. The van der Waals surface area contributed by atoms with E-state index in [1.165, 1.54) is 56.7 Å². The molecule has 1 heterocycles. The molecule has 0 atom stereocenters. The van der Waals surface area contributed by atoms with Crippen LogP contribution in [0, 0.1) is 0 Å². The summed E-state index contributed by atoms with van der Waals surface area (Å²) in [4.78, 5) is 1.25. The molecule has 1 aromatic heterocycles. The summed E-state index contributed by atoms with van der Waals surface area (Å²) in [5, 5.41) is 0. The molecule has 4 rings (SSSR count). The number of hydrogen-bond acceptors (Lipinski definition) is 3. The Morgan fingerprint density at radius 3 is 1.47 bits per heavy atom. The minimum atomic E-state index is -2.54. The Labute approximate surface area is 237 Å². The molecule has 200 valence electrons. The van der Waals surface area contributed by atoms with Crippen molar-refractivity contribution in [2.75, 3.05) is 0 Å². The van der Waals surface area contributed by atoms with E-state index >= 15 is 0 Å². The molecule has 38 heavy (non-hydrogen) atoms. The van der Waals surface area contributed by atoms with E-state index in [0.717, 1.165) is 28.6 Å². The van der Waals surface area contributed by atoms with Crippen LogP contribution < -0.4 is 12.4 Å². The van der Waals surface area contributed by atoms with Crippen molar-refractivity contribution >= 4 is 32.6 Å². The first-order valence-electron chi connectivity index (χ1n) is 14.4. The minimum absolute atomic E-state index is 0.838. The average Bonchev–Trinajstić information content (AvgIpc) is 3.45. The van der Waals surface area contributed by atoms with Crippen molar-refractivity contribution in [1.82, 2.24) is 0 Å². The molecule has 0 fully saturated rings. The summed E-state index contributed by atoms with van der Waals surface area (Å²) in [6.45, 7) is 7.04. The van der Waals surface area contributed by atoms with Crippen molar-refractivity contribution < 1.29 is 9.47 Å². The fourth-order valence-corrected chi connectivity index (χ4v) is 25.4. The molecule has 3 aromatic carbocycles. The average molecular weight is 633 g/mol. The van der Waals surface area contributed by atoms with Crippen molar-refractivity contribution in [1.29, 1.82) is 0 Å². The number of ether oxygens (including phenoxy) is 2. The third-order valence-electron chi connectivity index (χ3n) is 7.33. The number of unbranched alkanes of at least 4 members (excludes halogenated alkanes) is 3. The van der Waals surface area contributed by atoms with Crippen LogP contribution in [0.15, 0.2) is 91.0 Å². The molecule has 0 amide bonds. The summed E-state index contributed by atoms with van der Waals surface area (Å²) in [5.74, 6) is 3.36. The molecule has 0 aliphatic carbocycles. The summed E-state index contributed by atoms with van der Waals surface area (Å²) in [6.07, 6.45) is 7.97. The van der Waals surface area contributed by atoms with Gasteiger partial charge in [-0.25, -0.2) is 0 Å². The molecule has 2 nitrogen and oxygen atoms in total. The third-order valence-corrected chi connectivity index (χ3v) is 26.7. The maximum atomic E-state index is 6.48. The molecule has 0 saturated carbocycles. The van der Waals surface area contributed by atoms with Crippen LogP contribution in [-0.4, -0.2) is 18.4 Å². The van der Waals surface area contributed by atoms with Gasteiger partial charge >= 0.3 is 239 Å². The second-order valence-corrected chi connectivity index (χ2v) is 25.5. The van der Waals surface area contributed by atoms with Crippen molar-refractivity contribution in [3.8, 4) is 33.4 Å². The second-order valence-electron chi connectivity index (χ2n) is 10.2. The SMILES string of the molecule is CCC[CH2][Sn]([CH2]CCC)([CH2]CCC)[c]1ccc(-c2c(Oc3ccccc3)cccc2Oc2ccccc2)s1. The fourth-order valence-electron chi connectivity index (χ4n) is 5.20. The predicted molar refractivity (Wildman–Crippen MR) is 167 cm³/mol. The number of para-hydroxylation sites is 2. The van der Waals surface area contributed by atoms with Gasteiger partial charge in [0.15, 0.2) is 0 Å². The van der Waals surface area contributed by atoms with Gasteiger partial charge in [0.05, 0.1) is 0 Å². The first-order valence-corrected chi connectivity index (χ1v) is 22.7. The molecular weight excluding hydrogens is 591 g/mol. The normalized spacial score (nSPS) is 11.4. The molecule has 0 spiro atoms. The van der Waals surface area contributed by atoms with Gasteiger partial charge in [0.1, 0.15) is 0 Å². The van der Waals surface area contributed by atoms with Crippen LogP contribution >= 0.6 is 11.3 Å². The molecule has 0 saturated heterocycles. The van der Waals surface area contributed by atoms with Gasteiger partial charge in [-0.2, -0.15) is 0 Å². The van der Waals surface area contributed by atoms with E-state index in [0.29, 0.717) is 0 Å². The maximum absolute atomic E-state index is 6.48. The Kier molecular flexibility index (Phi) is 11.2. The third kappa shape index (κ3) is 7.44. The molecular formula is C34H42O2SSn. The van der Waals surface area contributed by atoms with Gasteiger partial charge in [-0.1, -0.05) is 0 Å². The predicted octanol–water partition coefficient (Wildman–Crippen LogP) is 11.1. The molecule has 0 N–H and O–H groups in total. The summed E-state index contributed by atoms with van der Waals surface area (Å²) in [6, 6.07) is 31.1. The van der Waals surface area contributed by atoms with Crippen molar-refractivity contribution in [3.63, 3.8) is 0 Å². The van der Waals surface area contributed by atoms with E-state index in [9.17, 15) is 0 Å². The van der Waals surface area contributed by atoms with Crippen molar-refractivity contribution in [3.05, 3.63) is 91.0 Å². The second kappa shape index (κ2) is 14.8. The topological polar surface area (TPSA) is 18.5 Å². The monoisotopic (exact) mass is 634 g/mol. The zero-order chi connectivity index (χ0) is 26.6. The Morgan fingerprint density at radius 1 is 0.553 bits per heavy atom. The van der Waals surface area contributed by atoms with Crippen LogP contribution in [0.1, 0.15) is 59.3 Å². The number of benzene rings is 3. The Morgan fingerprint density at radius 2 is 1.03 bits per heavy atom. The van der Waals surface area contributed by atoms with Crippen LogP contribution in [0.25, 0.3) is 10.4 Å². The summed E-state index contributed by atoms with van der Waals surface area (Å²) >= 11 is -0.509. The first kappa shape index (κ1) is 28.8. The van der Waals surface area contributed by atoms with Gasteiger partial charge in [0.25, 0.3) is 0 Å². The molecule has 0 unspecified atom stereocenters. The summed E-state index contributed by atoms with van der Waals surface area (Å²) in [5.41, 5.74) is 1.05. The van der Waals surface area contributed by atoms with Gasteiger partial charge < -0.3 is 0 Å². The van der Waals surface area contributed by atoms with Crippen LogP contribution in [-0.2, 0) is 0 Å². The zero-order valence-corrected chi connectivity index (χ0v) is 26.9. The molecule has 0 aliphatic heterocycles. The van der Waals surface area contributed by atoms with E-state index in [1.54, 1.807) is 2.89 Å². The molecule has 0 bridgehead atoms. The van der Waals surface area contributed by atoms with Gasteiger partial charge in [0.2, 0.25) is 0 Å². The Bertz CT molecular complexity index is 1150. The Balaban J connectivity index is 1.79. The van der Waals surface area contributed by atoms with E-state index in [-0.39, 0.29) is 0 Å². The van der Waals surface area contributed by atoms with Crippen molar-refractivity contribution in [2.24, 2.45) is 0 Å². The fraction of sp³-hybridized carbons (Fsp3) is 0.353. The van der Waals surface area contributed by atoms with Gasteiger partial charge in [-0.15, -0.1) is 0 Å². The van der Waals surface area contributed by atoms with E-state index in [4.69, 9.17) is 9.47 Å².